The van der Waals surface area contributed by atoms with Crippen molar-refractivity contribution in [3.8, 4) is 0 Å². The molecule has 1 amide bonds. The van der Waals surface area contributed by atoms with Gasteiger partial charge in [-0.15, -0.1) is 11.8 Å². The first kappa shape index (κ1) is 15.9. The van der Waals surface area contributed by atoms with Crippen molar-refractivity contribution in [2.75, 3.05) is 12.3 Å². The molecule has 4 nitrogen and oxygen atoms in total. The molecule has 0 N–H and O–H groups in total. The summed E-state index contributed by atoms with van der Waals surface area (Å²) in [5, 5.41) is 3.97. The highest BCUT2D eigenvalue weighted by Crippen LogP contribution is 2.35. The van der Waals surface area contributed by atoms with E-state index >= 15 is 0 Å². The number of piperidine rings is 1. The summed E-state index contributed by atoms with van der Waals surface area (Å²) in [5.74, 6) is 3.36. The van der Waals surface area contributed by atoms with Crippen LogP contribution in [0.15, 0.2) is 4.52 Å². The van der Waals surface area contributed by atoms with Crippen molar-refractivity contribution >= 4 is 17.7 Å². The molecule has 2 heterocycles. The van der Waals surface area contributed by atoms with Gasteiger partial charge < -0.3 is 9.42 Å². The molecule has 2 atom stereocenters. The summed E-state index contributed by atoms with van der Waals surface area (Å²) in [4.78, 5) is 14.8. The number of thioether (sulfide) groups is 1. The molecule has 2 aliphatic rings. The predicted molar refractivity (Wildman–Crippen MR) is 88.8 cm³/mol. The van der Waals surface area contributed by atoms with Gasteiger partial charge >= 0.3 is 0 Å². The Morgan fingerprint density at radius 1 is 1.27 bits per heavy atom. The number of aryl methyl sites for hydroxylation is 2. The van der Waals surface area contributed by atoms with Crippen LogP contribution in [0.1, 0.15) is 55.5 Å². The lowest BCUT2D eigenvalue weighted by Crippen LogP contribution is -2.50. The molecule has 1 aliphatic heterocycles. The van der Waals surface area contributed by atoms with Gasteiger partial charge in [0.1, 0.15) is 5.76 Å². The highest BCUT2D eigenvalue weighted by atomic mass is 32.2. The number of nitrogens with zero attached hydrogens (tertiary/aromatic N) is 2. The maximum atomic E-state index is 12.6. The molecule has 5 heteroatoms. The number of fused-ring (bicyclic) bond motifs is 1. The third-order valence-electron chi connectivity index (χ3n) is 5.22. The highest BCUT2D eigenvalue weighted by Gasteiger charge is 2.35. The van der Waals surface area contributed by atoms with E-state index in [4.69, 9.17) is 4.52 Å². The van der Waals surface area contributed by atoms with Crippen molar-refractivity contribution in [1.29, 1.82) is 0 Å². The van der Waals surface area contributed by atoms with Crippen LogP contribution in [0, 0.1) is 19.8 Å². The number of hydrogen-bond donors (Lipinski definition) is 0. The first-order chi connectivity index (χ1) is 10.7. The zero-order chi connectivity index (χ0) is 15.5. The van der Waals surface area contributed by atoms with Crippen LogP contribution < -0.4 is 0 Å². The van der Waals surface area contributed by atoms with Crippen molar-refractivity contribution in [1.82, 2.24) is 10.1 Å². The van der Waals surface area contributed by atoms with Crippen molar-refractivity contribution in [2.45, 2.75) is 64.2 Å². The molecule has 1 saturated carbocycles. The van der Waals surface area contributed by atoms with Gasteiger partial charge in [-0.05, 0) is 45.4 Å². The van der Waals surface area contributed by atoms with E-state index in [1.165, 1.54) is 38.5 Å². The Balaban J connectivity index is 1.53. The largest absolute Gasteiger partial charge is 0.361 e. The molecule has 1 aromatic rings. The molecule has 0 spiro atoms. The Kier molecular flexibility index (Phi) is 5.11. The predicted octanol–water partition coefficient (Wildman–Crippen LogP) is 3.71. The Morgan fingerprint density at radius 3 is 2.82 bits per heavy atom. The molecule has 1 aliphatic carbocycles. The molecule has 3 rings (SSSR count). The van der Waals surface area contributed by atoms with Crippen LogP contribution in [0.5, 0.6) is 0 Å². The second kappa shape index (κ2) is 7.07. The molecule has 2 unspecified atom stereocenters. The smallest absolute Gasteiger partial charge is 0.232 e. The minimum Gasteiger partial charge on any atom is -0.361 e. The number of rotatable bonds is 4. The maximum absolute atomic E-state index is 12.6. The number of carbonyl (C=O) groups excluding carboxylic acids is 1. The average molecular weight is 322 g/mol. The van der Waals surface area contributed by atoms with Gasteiger partial charge in [0, 0.05) is 23.9 Å². The highest BCUT2D eigenvalue weighted by molar-refractivity contribution is 7.99. The molecule has 0 aromatic carbocycles. The van der Waals surface area contributed by atoms with Crippen LogP contribution in [0.3, 0.4) is 0 Å². The van der Waals surface area contributed by atoms with Gasteiger partial charge in [-0.3, -0.25) is 4.79 Å². The van der Waals surface area contributed by atoms with Crippen LogP contribution in [0.25, 0.3) is 0 Å². The Morgan fingerprint density at radius 2 is 2.05 bits per heavy atom. The van der Waals surface area contributed by atoms with Crippen molar-refractivity contribution in [3.63, 3.8) is 0 Å². The number of carbonyl (C=O) groups is 1. The van der Waals surface area contributed by atoms with Crippen molar-refractivity contribution in [2.24, 2.45) is 5.92 Å². The zero-order valence-electron chi connectivity index (χ0n) is 13.6. The normalized spacial score (nSPS) is 25.1. The van der Waals surface area contributed by atoms with E-state index in [0.29, 0.717) is 17.7 Å². The van der Waals surface area contributed by atoms with Gasteiger partial charge in [0.15, 0.2) is 0 Å². The SMILES string of the molecule is Cc1noc(C)c1CSCC(=O)N1CCCC2CCCCC21. The fourth-order valence-corrected chi connectivity index (χ4v) is 5.02. The Bertz CT molecular complexity index is 507. The summed E-state index contributed by atoms with van der Waals surface area (Å²) in [6.07, 6.45) is 7.68. The minimum absolute atomic E-state index is 0.327. The van der Waals surface area contributed by atoms with E-state index in [9.17, 15) is 4.79 Å². The molecule has 0 radical (unpaired) electrons. The van der Waals surface area contributed by atoms with Crippen LogP contribution in [-0.2, 0) is 10.5 Å². The lowest BCUT2D eigenvalue weighted by molar-refractivity contribution is -0.134. The molecular formula is C17H26N2O2S. The minimum atomic E-state index is 0.327. The molecule has 122 valence electrons. The van der Waals surface area contributed by atoms with Gasteiger partial charge in [-0.2, -0.15) is 0 Å². The molecule has 2 fully saturated rings. The monoisotopic (exact) mass is 322 g/mol. The number of aromatic nitrogens is 1. The van der Waals surface area contributed by atoms with E-state index in [1.807, 2.05) is 13.8 Å². The van der Waals surface area contributed by atoms with Crippen molar-refractivity contribution in [3.05, 3.63) is 17.0 Å². The standard InChI is InChI=1S/C17H26N2O2S/c1-12-15(13(2)21-18-12)10-22-11-17(20)19-9-5-7-14-6-3-4-8-16(14)19/h14,16H,3-11H2,1-2H3. The fourth-order valence-electron chi connectivity index (χ4n) is 3.97. The topological polar surface area (TPSA) is 46.3 Å². The molecule has 1 saturated heterocycles. The summed E-state index contributed by atoms with van der Waals surface area (Å²) in [5.41, 5.74) is 2.09. The summed E-state index contributed by atoms with van der Waals surface area (Å²) in [6, 6.07) is 0.523. The van der Waals surface area contributed by atoms with Crippen LogP contribution in [-0.4, -0.2) is 34.3 Å². The molecule has 22 heavy (non-hydrogen) atoms. The van der Waals surface area contributed by atoms with Gasteiger partial charge in [-0.25, -0.2) is 0 Å². The molecule has 1 aromatic heterocycles. The number of hydrogen-bond acceptors (Lipinski definition) is 4. The third-order valence-corrected chi connectivity index (χ3v) is 6.16. The second-order valence-corrected chi connectivity index (χ2v) is 7.62. The molecular weight excluding hydrogens is 296 g/mol. The lowest BCUT2D eigenvalue weighted by Gasteiger charge is -2.44. The van der Waals surface area contributed by atoms with Gasteiger partial charge in [-0.1, -0.05) is 18.0 Å². The third kappa shape index (κ3) is 3.34. The van der Waals surface area contributed by atoms with Crippen LogP contribution >= 0.6 is 11.8 Å². The lowest BCUT2D eigenvalue weighted by atomic mass is 9.78. The van der Waals surface area contributed by atoms with Gasteiger partial charge in [0.25, 0.3) is 0 Å². The fraction of sp³-hybridized carbons (Fsp3) is 0.765. The van der Waals surface area contributed by atoms with E-state index in [-0.39, 0.29) is 0 Å². The first-order valence-electron chi connectivity index (χ1n) is 8.45. The van der Waals surface area contributed by atoms with E-state index in [1.54, 1.807) is 11.8 Å². The quantitative estimate of drug-likeness (QED) is 0.848. The summed E-state index contributed by atoms with van der Waals surface area (Å²) < 4.78 is 5.18. The van der Waals surface area contributed by atoms with Gasteiger partial charge in [0.05, 0.1) is 11.4 Å². The van der Waals surface area contributed by atoms with E-state index < -0.39 is 0 Å². The van der Waals surface area contributed by atoms with Crippen LogP contribution in [0.4, 0.5) is 0 Å². The summed E-state index contributed by atoms with van der Waals surface area (Å²) >= 11 is 1.69. The van der Waals surface area contributed by atoms with Crippen LogP contribution in [0.2, 0.25) is 0 Å². The summed E-state index contributed by atoms with van der Waals surface area (Å²) in [6.45, 7) is 4.87. The zero-order valence-corrected chi connectivity index (χ0v) is 14.5. The number of likely N-dealkylation sites (tertiary alicyclic amines) is 1. The maximum Gasteiger partial charge on any atom is 0.232 e. The van der Waals surface area contributed by atoms with Crippen molar-refractivity contribution < 1.29 is 9.32 Å². The van der Waals surface area contributed by atoms with Gasteiger partial charge in [0.2, 0.25) is 5.91 Å². The summed E-state index contributed by atoms with van der Waals surface area (Å²) in [7, 11) is 0. The number of amides is 1. The van der Waals surface area contributed by atoms with E-state index in [2.05, 4.69) is 10.1 Å². The van der Waals surface area contributed by atoms with E-state index in [0.717, 1.165) is 35.2 Å². The Labute approximate surface area is 137 Å². The molecule has 0 bridgehead atoms. The first-order valence-corrected chi connectivity index (χ1v) is 9.61. The second-order valence-electron chi connectivity index (χ2n) is 6.64. The Hall–Kier alpha value is -0.970. The average Bonchev–Trinajstić information content (AvgIpc) is 2.86.